The Hall–Kier alpha value is -1.99. The van der Waals surface area contributed by atoms with Gasteiger partial charge in [-0.25, -0.2) is 14.4 Å². The van der Waals surface area contributed by atoms with Crippen LogP contribution in [-0.2, 0) is 13.6 Å². The first kappa shape index (κ1) is 17.1. The maximum Gasteiger partial charge on any atom is 0.206 e. The smallest absolute Gasteiger partial charge is 0.206 e. The highest BCUT2D eigenvalue weighted by Gasteiger charge is 2.56. The summed E-state index contributed by atoms with van der Waals surface area (Å²) < 4.78 is 15.6. The fourth-order valence-electron chi connectivity index (χ4n) is 4.73. The Morgan fingerprint density at radius 3 is 2.89 bits per heavy atom. The second kappa shape index (κ2) is 6.27. The molecule has 1 atom stereocenters. The molecule has 27 heavy (non-hydrogen) atoms. The molecule has 1 unspecified atom stereocenters. The third-order valence-electron chi connectivity index (χ3n) is 6.41. The SMILES string of the molecule is CN(Cc1nccs1)C1CC12CCN(c1nc3ccc(F)cc3n1C)CC2. The Morgan fingerprint density at radius 2 is 2.15 bits per heavy atom. The highest BCUT2D eigenvalue weighted by Crippen LogP contribution is 2.56. The first-order valence-electron chi connectivity index (χ1n) is 9.51. The van der Waals surface area contributed by atoms with Gasteiger partial charge < -0.3 is 9.47 Å². The number of thiazole rings is 1. The molecule has 2 aliphatic rings. The normalized spacial score (nSPS) is 21.5. The highest BCUT2D eigenvalue weighted by atomic mass is 32.1. The van der Waals surface area contributed by atoms with Crippen LogP contribution in [0, 0.1) is 11.2 Å². The Labute approximate surface area is 162 Å². The van der Waals surface area contributed by atoms with E-state index in [1.807, 2.05) is 23.2 Å². The largest absolute Gasteiger partial charge is 0.342 e. The maximum atomic E-state index is 13.6. The molecule has 5 nitrogen and oxygen atoms in total. The number of hydrogen-bond donors (Lipinski definition) is 0. The number of rotatable bonds is 4. The number of halogens is 1. The fourth-order valence-corrected chi connectivity index (χ4v) is 5.41. The van der Waals surface area contributed by atoms with Crippen molar-refractivity contribution in [3.05, 3.63) is 40.6 Å². The zero-order valence-electron chi connectivity index (χ0n) is 15.7. The van der Waals surface area contributed by atoms with Crippen LogP contribution >= 0.6 is 11.3 Å². The molecule has 5 rings (SSSR count). The average molecular weight is 386 g/mol. The van der Waals surface area contributed by atoms with Crippen molar-refractivity contribution in [3.63, 3.8) is 0 Å². The Bertz CT molecular complexity index is 958. The van der Waals surface area contributed by atoms with Crippen molar-refractivity contribution in [1.82, 2.24) is 19.4 Å². The molecule has 1 spiro atoms. The molecule has 7 heteroatoms. The molecule has 0 amide bonds. The van der Waals surface area contributed by atoms with Gasteiger partial charge in [0.05, 0.1) is 17.6 Å². The van der Waals surface area contributed by atoms with E-state index in [0.717, 1.165) is 36.6 Å². The van der Waals surface area contributed by atoms with Crippen LogP contribution in [0.2, 0.25) is 0 Å². The number of aryl methyl sites for hydroxylation is 1. The number of piperidine rings is 1. The van der Waals surface area contributed by atoms with Crippen molar-refractivity contribution in [2.45, 2.75) is 31.8 Å². The Morgan fingerprint density at radius 1 is 1.33 bits per heavy atom. The predicted molar refractivity (Wildman–Crippen MR) is 107 cm³/mol. The Balaban J connectivity index is 1.27. The van der Waals surface area contributed by atoms with Gasteiger partial charge in [-0.3, -0.25) is 4.90 Å². The molecule has 142 valence electrons. The van der Waals surface area contributed by atoms with Crippen molar-refractivity contribution < 1.29 is 4.39 Å². The standard InChI is InChI=1S/C20H24FN5S/c1-24(13-18-22-7-10-27-18)17-12-20(17)5-8-26(9-6-20)19-23-15-4-3-14(21)11-16(15)25(19)2/h3-4,7,10-11,17H,5-6,8-9,12-13H2,1-2H3. The van der Waals surface area contributed by atoms with Crippen LogP contribution in [0.1, 0.15) is 24.3 Å². The lowest BCUT2D eigenvalue weighted by Crippen LogP contribution is -2.39. The summed E-state index contributed by atoms with van der Waals surface area (Å²) in [6.45, 7) is 2.98. The van der Waals surface area contributed by atoms with Crippen molar-refractivity contribution in [3.8, 4) is 0 Å². The summed E-state index contributed by atoms with van der Waals surface area (Å²) in [4.78, 5) is 14.0. The molecule has 1 saturated carbocycles. The van der Waals surface area contributed by atoms with Crippen LogP contribution < -0.4 is 4.90 Å². The molecule has 2 fully saturated rings. The van der Waals surface area contributed by atoms with Gasteiger partial charge in [-0.2, -0.15) is 0 Å². The molecule has 0 N–H and O–H groups in total. The van der Waals surface area contributed by atoms with Gasteiger partial charge >= 0.3 is 0 Å². The van der Waals surface area contributed by atoms with Crippen molar-refractivity contribution in [1.29, 1.82) is 0 Å². The molecular formula is C20H24FN5S. The first-order valence-corrected chi connectivity index (χ1v) is 10.4. The maximum absolute atomic E-state index is 13.6. The van der Waals surface area contributed by atoms with E-state index in [-0.39, 0.29) is 5.82 Å². The van der Waals surface area contributed by atoms with Gasteiger partial charge in [0.15, 0.2) is 0 Å². The Kier molecular flexibility index (Phi) is 3.98. The molecule has 3 heterocycles. The second-order valence-electron chi connectivity index (χ2n) is 8.01. The third kappa shape index (κ3) is 2.93. The monoisotopic (exact) mass is 385 g/mol. The van der Waals surface area contributed by atoms with E-state index in [1.165, 1.54) is 30.3 Å². The van der Waals surface area contributed by atoms with Crippen LogP contribution in [0.4, 0.5) is 10.3 Å². The minimum atomic E-state index is -0.210. The van der Waals surface area contributed by atoms with Crippen molar-refractivity contribution in [2.75, 3.05) is 25.0 Å². The van der Waals surface area contributed by atoms with E-state index in [1.54, 1.807) is 23.5 Å². The second-order valence-corrected chi connectivity index (χ2v) is 8.99. The summed E-state index contributed by atoms with van der Waals surface area (Å²) in [5.74, 6) is 0.748. The number of benzene rings is 1. The van der Waals surface area contributed by atoms with Crippen molar-refractivity contribution in [2.24, 2.45) is 12.5 Å². The van der Waals surface area contributed by atoms with Crippen LogP contribution in [-0.4, -0.2) is 45.6 Å². The number of hydrogen-bond acceptors (Lipinski definition) is 5. The van der Waals surface area contributed by atoms with Gasteiger partial charge in [0.1, 0.15) is 10.8 Å². The first-order chi connectivity index (χ1) is 13.1. The minimum Gasteiger partial charge on any atom is -0.342 e. The predicted octanol–water partition coefficient (Wildman–Crippen LogP) is 3.66. The summed E-state index contributed by atoms with van der Waals surface area (Å²) in [6.07, 6.45) is 5.56. The summed E-state index contributed by atoms with van der Waals surface area (Å²) >= 11 is 1.73. The molecule has 0 radical (unpaired) electrons. The molecule has 1 saturated heterocycles. The summed E-state index contributed by atoms with van der Waals surface area (Å²) in [6, 6.07) is 5.49. The summed E-state index contributed by atoms with van der Waals surface area (Å²) in [5.41, 5.74) is 2.18. The number of anilines is 1. The lowest BCUT2D eigenvalue weighted by Gasteiger charge is -2.34. The minimum absolute atomic E-state index is 0.210. The van der Waals surface area contributed by atoms with E-state index in [4.69, 9.17) is 4.98 Å². The molecule has 3 aromatic rings. The van der Waals surface area contributed by atoms with Gasteiger partial charge in [-0.1, -0.05) is 0 Å². The lowest BCUT2D eigenvalue weighted by molar-refractivity contribution is 0.238. The van der Waals surface area contributed by atoms with Crippen LogP contribution in [0.5, 0.6) is 0 Å². The molecule has 1 aliphatic carbocycles. The molecule has 1 aromatic carbocycles. The van der Waals surface area contributed by atoms with Gasteiger partial charge in [0.25, 0.3) is 0 Å². The van der Waals surface area contributed by atoms with Crippen molar-refractivity contribution >= 4 is 28.3 Å². The molecule has 1 aliphatic heterocycles. The lowest BCUT2D eigenvalue weighted by atomic mass is 9.92. The van der Waals surface area contributed by atoms with Crippen LogP contribution in [0.15, 0.2) is 29.8 Å². The third-order valence-corrected chi connectivity index (χ3v) is 7.17. The van der Waals surface area contributed by atoms with Crippen LogP contribution in [0.3, 0.4) is 0 Å². The summed E-state index contributed by atoms with van der Waals surface area (Å²) in [7, 11) is 4.21. The average Bonchev–Trinajstić information content (AvgIpc) is 2.99. The van der Waals surface area contributed by atoms with Crippen LogP contribution in [0.25, 0.3) is 11.0 Å². The number of nitrogens with zero attached hydrogens (tertiary/aromatic N) is 5. The molecule has 0 bridgehead atoms. The van der Waals surface area contributed by atoms with Gasteiger partial charge in [0.2, 0.25) is 5.95 Å². The van der Waals surface area contributed by atoms with E-state index in [9.17, 15) is 4.39 Å². The zero-order valence-corrected chi connectivity index (χ0v) is 16.5. The van der Waals surface area contributed by atoms with E-state index < -0.39 is 0 Å². The van der Waals surface area contributed by atoms with Gasteiger partial charge in [0, 0.05) is 37.8 Å². The number of fused-ring (bicyclic) bond motifs is 1. The topological polar surface area (TPSA) is 37.2 Å². The number of aromatic nitrogens is 3. The highest BCUT2D eigenvalue weighted by molar-refractivity contribution is 7.09. The fraction of sp³-hybridized carbons (Fsp3) is 0.500. The van der Waals surface area contributed by atoms with E-state index in [0.29, 0.717) is 11.5 Å². The quantitative estimate of drug-likeness (QED) is 0.687. The van der Waals surface area contributed by atoms with E-state index >= 15 is 0 Å². The molecule has 2 aromatic heterocycles. The zero-order chi connectivity index (χ0) is 18.6. The van der Waals surface area contributed by atoms with E-state index in [2.05, 4.69) is 21.8 Å². The van der Waals surface area contributed by atoms with Gasteiger partial charge in [-0.15, -0.1) is 11.3 Å². The molecular weight excluding hydrogens is 361 g/mol. The summed E-state index contributed by atoms with van der Waals surface area (Å²) in [5, 5.41) is 3.25. The number of imidazole rings is 1. The van der Waals surface area contributed by atoms with Gasteiger partial charge in [-0.05, 0) is 49.9 Å².